The van der Waals surface area contributed by atoms with Gasteiger partial charge in [-0.1, -0.05) is 0 Å². The Hall–Kier alpha value is -1.08. The Bertz CT molecular complexity index is 469. The lowest BCUT2D eigenvalue weighted by atomic mass is 10.2. The van der Waals surface area contributed by atoms with Crippen LogP contribution in [0.15, 0.2) is 15.2 Å². The van der Waals surface area contributed by atoms with Gasteiger partial charge >= 0.3 is 6.09 Å². The normalized spacial score (nSPS) is 15.5. The predicted octanol–water partition coefficient (Wildman–Crippen LogP) is 2.42. The highest BCUT2D eigenvalue weighted by Gasteiger charge is 2.25. The van der Waals surface area contributed by atoms with E-state index >= 15 is 0 Å². The monoisotopic (exact) mass is 346 g/mol. The van der Waals surface area contributed by atoms with E-state index in [1.165, 1.54) is 11.3 Å². The summed E-state index contributed by atoms with van der Waals surface area (Å²) in [5.74, 6) is 0.0189. The average molecular weight is 347 g/mol. The second-order valence-electron chi connectivity index (χ2n) is 4.12. The van der Waals surface area contributed by atoms with Gasteiger partial charge in [0.05, 0.1) is 16.0 Å². The summed E-state index contributed by atoms with van der Waals surface area (Å²) in [5.41, 5.74) is 0.696. The van der Waals surface area contributed by atoms with Gasteiger partial charge < -0.3 is 14.5 Å². The number of carbonyl (C=O) groups is 2. The standard InChI is InChI=1S/C12H15BrN2O3S/c1-2-18-12(17)15-5-3-14(4-6-15)11(16)9-7-10(13)19-8-9/h7-8H,2-6H2,1H3. The van der Waals surface area contributed by atoms with Gasteiger partial charge in [0, 0.05) is 31.6 Å². The maximum absolute atomic E-state index is 12.2. The maximum Gasteiger partial charge on any atom is 0.409 e. The van der Waals surface area contributed by atoms with Crippen molar-refractivity contribution in [2.24, 2.45) is 0 Å². The van der Waals surface area contributed by atoms with Crippen LogP contribution in [0.3, 0.4) is 0 Å². The average Bonchev–Trinajstić information content (AvgIpc) is 2.85. The zero-order valence-electron chi connectivity index (χ0n) is 10.6. The fraction of sp³-hybridized carbons (Fsp3) is 0.500. The topological polar surface area (TPSA) is 49.9 Å². The van der Waals surface area contributed by atoms with Crippen LogP contribution in [-0.2, 0) is 4.74 Å². The third kappa shape index (κ3) is 3.48. The van der Waals surface area contributed by atoms with E-state index in [2.05, 4.69) is 15.9 Å². The molecule has 1 fully saturated rings. The van der Waals surface area contributed by atoms with E-state index in [9.17, 15) is 9.59 Å². The van der Waals surface area contributed by atoms with Crippen LogP contribution < -0.4 is 0 Å². The number of halogens is 1. The van der Waals surface area contributed by atoms with E-state index in [0.29, 0.717) is 38.3 Å². The Balaban J connectivity index is 1.89. The number of nitrogens with zero attached hydrogens (tertiary/aromatic N) is 2. The highest BCUT2D eigenvalue weighted by atomic mass is 79.9. The molecular formula is C12H15BrN2O3S. The second kappa shape index (κ2) is 6.38. The molecule has 0 saturated carbocycles. The van der Waals surface area contributed by atoms with E-state index in [1.807, 2.05) is 11.4 Å². The Morgan fingerprint density at radius 3 is 2.47 bits per heavy atom. The molecule has 7 heteroatoms. The number of hydrogen-bond donors (Lipinski definition) is 0. The molecule has 0 unspecified atom stereocenters. The van der Waals surface area contributed by atoms with E-state index in [-0.39, 0.29) is 12.0 Å². The van der Waals surface area contributed by atoms with Crippen LogP contribution in [0.2, 0.25) is 0 Å². The highest BCUT2D eigenvalue weighted by molar-refractivity contribution is 9.11. The fourth-order valence-electron chi connectivity index (χ4n) is 1.91. The molecule has 0 radical (unpaired) electrons. The Labute approximate surface area is 124 Å². The summed E-state index contributed by atoms with van der Waals surface area (Å²) in [6, 6.07) is 1.82. The molecule has 0 aliphatic carbocycles. The number of hydrogen-bond acceptors (Lipinski definition) is 4. The molecule has 19 heavy (non-hydrogen) atoms. The summed E-state index contributed by atoms with van der Waals surface area (Å²) in [6.07, 6.45) is -0.298. The Morgan fingerprint density at radius 2 is 1.95 bits per heavy atom. The third-order valence-corrected chi connectivity index (χ3v) is 4.41. The summed E-state index contributed by atoms with van der Waals surface area (Å²) < 4.78 is 5.89. The van der Waals surface area contributed by atoms with Crippen LogP contribution in [0.1, 0.15) is 17.3 Å². The molecule has 1 aliphatic heterocycles. The van der Waals surface area contributed by atoms with Crippen molar-refractivity contribution in [3.63, 3.8) is 0 Å². The van der Waals surface area contributed by atoms with Crippen LogP contribution in [0.4, 0.5) is 4.79 Å². The minimum absolute atomic E-state index is 0.0189. The van der Waals surface area contributed by atoms with Crippen LogP contribution in [-0.4, -0.2) is 54.6 Å². The molecule has 1 aliphatic rings. The fourth-order valence-corrected chi connectivity index (χ4v) is 3.04. The zero-order chi connectivity index (χ0) is 13.8. The van der Waals surface area contributed by atoms with Crippen molar-refractivity contribution in [2.75, 3.05) is 32.8 Å². The zero-order valence-corrected chi connectivity index (χ0v) is 13.0. The van der Waals surface area contributed by atoms with Gasteiger partial charge in [0.2, 0.25) is 0 Å². The number of carbonyl (C=O) groups excluding carboxylic acids is 2. The molecule has 0 N–H and O–H groups in total. The van der Waals surface area contributed by atoms with Crippen LogP contribution in [0, 0.1) is 0 Å². The second-order valence-corrected chi connectivity index (χ2v) is 6.41. The minimum atomic E-state index is -0.298. The smallest absolute Gasteiger partial charge is 0.409 e. The first-order valence-electron chi connectivity index (χ1n) is 6.07. The van der Waals surface area contributed by atoms with Crippen LogP contribution in [0.5, 0.6) is 0 Å². The van der Waals surface area contributed by atoms with Crippen molar-refractivity contribution in [1.29, 1.82) is 0 Å². The summed E-state index contributed by atoms with van der Waals surface area (Å²) in [4.78, 5) is 27.1. The molecule has 0 atom stereocenters. The van der Waals surface area contributed by atoms with E-state index < -0.39 is 0 Å². The number of rotatable bonds is 2. The number of ether oxygens (including phenoxy) is 1. The molecule has 5 nitrogen and oxygen atoms in total. The molecule has 104 valence electrons. The van der Waals surface area contributed by atoms with Gasteiger partial charge in [0.15, 0.2) is 0 Å². The minimum Gasteiger partial charge on any atom is -0.450 e. The van der Waals surface area contributed by atoms with Gasteiger partial charge in [0.1, 0.15) is 0 Å². The van der Waals surface area contributed by atoms with Crippen molar-refractivity contribution in [2.45, 2.75) is 6.92 Å². The molecule has 0 spiro atoms. The first kappa shape index (κ1) is 14.3. The maximum atomic E-state index is 12.2. The molecule has 2 heterocycles. The summed E-state index contributed by atoms with van der Waals surface area (Å²) >= 11 is 4.84. The molecule has 2 rings (SSSR count). The predicted molar refractivity (Wildman–Crippen MR) is 76.5 cm³/mol. The van der Waals surface area contributed by atoms with Crippen molar-refractivity contribution >= 4 is 39.3 Å². The molecule has 0 aromatic carbocycles. The van der Waals surface area contributed by atoms with E-state index in [4.69, 9.17) is 4.74 Å². The summed E-state index contributed by atoms with van der Waals surface area (Å²) in [5, 5.41) is 1.84. The van der Waals surface area contributed by atoms with Gasteiger partial charge in [-0.25, -0.2) is 4.79 Å². The van der Waals surface area contributed by atoms with E-state index in [0.717, 1.165) is 3.79 Å². The molecule has 1 saturated heterocycles. The lowest BCUT2D eigenvalue weighted by molar-refractivity contribution is 0.0571. The first-order valence-corrected chi connectivity index (χ1v) is 7.74. The van der Waals surface area contributed by atoms with Crippen molar-refractivity contribution in [3.8, 4) is 0 Å². The van der Waals surface area contributed by atoms with E-state index in [1.54, 1.807) is 16.7 Å². The SMILES string of the molecule is CCOC(=O)N1CCN(C(=O)c2csc(Br)c2)CC1. The molecular weight excluding hydrogens is 332 g/mol. The largest absolute Gasteiger partial charge is 0.450 e. The van der Waals surface area contributed by atoms with Gasteiger partial charge in [0.25, 0.3) is 5.91 Å². The molecule has 0 bridgehead atoms. The number of thiophene rings is 1. The highest BCUT2D eigenvalue weighted by Crippen LogP contribution is 2.22. The first-order chi connectivity index (χ1) is 9.11. The summed E-state index contributed by atoms with van der Waals surface area (Å²) in [6.45, 7) is 4.30. The third-order valence-electron chi connectivity index (χ3n) is 2.91. The quantitative estimate of drug-likeness (QED) is 0.826. The van der Waals surface area contributed by atoms with Gasteiger partial charge in [-0.15, -0.1) is 11.3 Å². The van der Waals surface area contributed by atoms with Crippen molar-refractivity contribution < 1.29 is 14.3 Å². The Morgan fingerprint density at radius 1 is 1.32 bits per heavy atom. The van der Waals surface area contributed by atoms with Gasteiger partial charge in [-0.3, -0.25) is 4.79 Å². The molecule has 1 aromatic heterocycles. The van der Waals surface area contributed by atoms with Crippen LogP contribution >= 0.6 is 27.3 Å². The number of amides is 2. The van der Waals surface area contributed by atoms with Crippen molar-refractivity contribution in [3.05, 3.63) is 20.8 Å². The molecule has 1 aromatic rings. The van der Waals surface area contributed by atoms with Crippen LogP contribution in [0.25, 0.3) is 0 Å². The molecule has 2 amide bonds. The lowest BCUT2D eigenvalue weighted by Crippen LogP contribution is -2.50. The van der Waals surface area contributed by atoms with Gasteiger partial charge in [-0.2, -0.15) is 0 Å². The van der Waals surface area contributed by atoms with Crippen molar-refractivity contribution in [1.82, 2.24) is 9.80 Å². The lowest BCUT2D eigenvalue weighted by Gasteiger charge is -2.33. The Kier molecular flexibility index (Phi) is 4.81. The summed E-state index contributed by atoms with van der Waals surface area (Å²) in [7, 11) is 0. The number of piperazine rings is 1. The van der Waals surface area contributed by atoms with Gasteiger partial charge in [-0.05, 0) is 28.9 Å².